The molecule has 0 aliphatic carbocycles. The summed E-state index contributed by atoms with van der Waals surface area (Å²) in [5.41, 5.74) is 2.19. The molecule has 0 bridgehead atoms. The predicted molar refractivity (Wildman–Crippen MR) is 116 cm³/mol. The zero-order chi connectivity index (χ0) is 21.9. The summed E-state index contributed by atoms with van der Waals surface area (Å²) in [5, 5.41) is 6.25. The molecule has 1 aromatic heterocycles. The Morgan fingerprint density at radius 3 is 2.30 bits per heavy atom. The molecule has 0 saturated carbocycles. The fourth-order valence-electron chi connectivity index (χ4n) is 2.71. The summed E-state index contributed by atoms with van der Waals surface area (Å²) in [6.07, 6.45) is -0.630. The highest BCUT2D eigenvalue weighted by atomic mass is 16.5. The van der Waals surface area contributed by atoms with Crippen LogP contribution in [-0.2, 0) is 16.1 Å². The van der Waals surface area contributed by atoms with Gasteiger partial charge in [-0.15, -0.1) is 0 Å². The van der Waals surface area contributed by atoms with Crippen LogP contribution in [0.15, 0.2) is 57.7 Å². The van der Waals surface area contributed by atoms with Crippen LogP contribution in [0.2, 0.25) is 0 Å². The minimum Gasteiger partial charge on any atom is -0.444 e. The van der Waals surface area contributed by atoms with E-state index >= 15 is 0 Å². The van der Waals surface area contributed by atoms with Crippen molar-refractivity contribution in [1.29, 1.82) is 0 Å². The standard InChI is InChI=1S/C23H24N2O5/c1-14-11-20(26)30-19-12-17(9-10-18(14)19)25-22(28)29-13-15-5-7-16(8-6-15)24-21(27)23(2,3)4/h5-12H,13H2,1-4H3,(H,24,27)(H,25,28). The van der Waals surface area contributed by atoms with Gasteiger partial charge in [0.05, 0.1) is 0 Å². The first-order chi connectivity index (χ1) is 14.1. The van der Waals surface area contributed by atoms with Crippen molar-refractivity contribution in [2.24, 2.45) is 5.41 Å². The molecule has 7 heteroatoms. The lowest BCUT2D eigenvalue weighted by Crippen LogP contribution is -2.27. The second kappa shape index (κ2) is 8.41. The number of rotatable bonds is 4. The van der Waals surface area contributed by atoms with Gasteiger partial charge in [0.25, 0.3) is 0 Å². The van der Waals surface area contributed by atoms with Gasteiger partial charge in [-0.2, -0.15) is 0 Å². The summed E-state index contributed by atoms with van der Waals surface area (Å²) in [7, 11) is 0. The molecule has 0 atom stereocenters. The van der Waals surface area contributed by atoms with Crippen molar-refractivity contribution < 1.29 is 18.7 Å². The minimum absolute atomic E-state index is 0.0705. The summed E-state index contributed by atoms with van der Waals surface area (Å²) in [5.74, 6) is -0.0766. The third kappa shape index (κ3) is 5.26. The summed E-state index contributed by atoms with van der Waals surface area (Å²) in [6, 6.07) is 13.6. The molecule has 2 N–H and O–H groups in total. The third-order valence-corrected chi connectivity index (χ3v) is 4.46. The van der Waals surface area contributed by atoms with Gasteiger partial charge in [0.15, 0.2) is 0 Å². The van der Waals surface area contributed by atoms with E-state index in [-0.39, 0.29) is 12.5 Å². The van der Waals surface area contributed by atoms with E-state index in [0.717, 1.165) is 16.5 Å². The van der Waals surface area contributed by atoms with Crippen LogP contribution in [0, 0.1) is 12.3 Å². The summed E-state index contributed by atoms with van der Waals surface area (Å²) < 4.78 is 10.4. The maximum atomic E-state index is 12.1. The van der Waals surface area contributed by atoms with Crippen molar-refractivity contribution in [2.45, 2.75) is 34.3 Å². The van der Waals surface area contributed by atoms with Gasteiger partial charge in [-0.3, -0.25) is 10.1 Å². The molecule has 3 aromatic rings. The van der Waals surface area contributed by atoms with Crippen LogP contribution in [0.4, 0.5) is 16.2 Å². The smallest absolute Gasteiger partial charge is 0.411 e. The second-order valence-electron chi connectivity index (χ2n) is 8.06. The van der Waals surface area contributed by atoms with E-state index in [9.17, 15) is 14.4 Å². The summed E-state index contributed by atoms with van der Waals surface area (Å²) in [6.45, 7) is 7.41. The molecule has 0 saturated heterocycles. The lowest BCUT2D eigenvalue weighted by atomic mass is 9.95. The first kappa shape index (κ1) is 21.1. The van der Waals surface area contributed by atoms with E-state index in [0.29, 0.717) is 17.0 Å². The van der Waals surface area contributed by atoms with Crippen molar-refractivity contribution >= 4 is 34.3 Å². The molecule has 30 heavy (non-hydrogen) atoms. The van der Waals surface area contributed by atoms with E-state index < -0.39 is 17.1 Å². The number of benzene rings is 2. The van der Waals surface area contributed by atoms with Crippen molar-refractivity contribution in [1.82, 2.24) is 0 Å². The number of carbonyl (C=O) groups excluding carboxylic acids is 2. The molecular weight excluding hydrogens is 384 g/mol. The molecule has 156 valence electrons. The van der Waals surface area contributed by atoms with Gasteiger partial charge >= 0.3 is 11.7 Å². The average Bonchev–Trinajstić information content (AvgIpc) is 2.66. The van der Waals surface area contributed by atoms with Crippen LogP contribution in [0.25, 0.3) is 11.0 Å². The zero-order valence-electron chi connectivity index (χ0n) is 17.4. The molecule has 0 aliphatic rings. The van der Waals surface area contributed by atoms with Gasteiger partial charge in [0, 0.05) is 34.3 Å². The Bertz CT molecular complexity index is 1140. The predicted octanol–water partition coefficient (Wildman–Crippen LogP) is 4.83. The van der Waals surface area contributed by atoms with Crippen LogP contribution in [0.1, 0.15) is 31.9 Å². The molecule has 7 nitrogen and oxygen atoms in total. The molecule has 2 aromatic carbocycles. The maximum Gasteiger partial charge on any atom is 0.411 e. The van der Waals surface area contributed by atoms with E-state index in [1.807, 2.05) is 27.7 Å². The van der Waals surface area contributed by atoms with E-state index in [1.165, 1.54) is 6.07 Å². The first-order valence-electron chi connectivity index (χ1n) is 9.50. The number of fused-ring (bicyclic) bond motifs is 1. The van der Waals surface area contributed by atoms with Gasteiger partial charge in [-0.1, -0.05) is 32.9 Å². The van der Waals surface area contributed by atoms with Crippen molar-refractivity contribution in [2.75, 3.05) is 10.6 Å². The molecule has 1 heterocycles. The largest absolute Gasteiger partial charge is 0.444 e. The Kier molecular flexibility index (Phi) is 5.91. The van der Waals surface area contributed by atoms with E-state index in [4.69, 9.17) is 9.15 Å². The van der Waals surface area contributed by atoms with Gasteiger partial charge in [0.2, 0.25) is 5.91 Å². The SMILES string of the molecule is Cc1cc(=O)oc2cc(NC(=O)OCc3ccc(NC(=O)C(C)(C)C)cc3)ccc12. The number of aryl methyl sites for hydroxylation is 1. The first-order valence-corrected chi connectivity index (χ1v) is 9.50. The highest BCUT2D eigenvalue weighted by Crippen LogP contribution is 2.21. The third-order valence-electron chi connectivity index (χ3n) is 4.46. The lowest BCUT2D eigenvalue weighted by molar-refractivity contribution is -0.123. The Balaban J connectivity index is 1.57. The molecular formula is C23H24N2O5. The van der Waals surface area contributed by atoms with Gasteiger partial charge in [-0.25, -0.2) is 9.59 Å². The monoisotopic (exact) mass is 408 g/mol. The molecule has 0 radical (unpaired) electrons. The molecule has 0 unspecified atom stereocenters. The van der Waals surface area contributed by atoms with E-state index in [2.05, 4.69) is 10.6 Å². The molecule has 3 rings (SSSR count). The van der Waals surface area contributed by atoms with Crippen LogP contribution >= 0.6 is 0 Å². The number of nitrogens with one attached hydrogen (secondary N) is 2. The fourth-order valence-corrected chi connectivity index (χ4v) is 2.71. The Morgan fingerprint density at radius 2 is 1.63 bits per heavy atom. The Hall–Kier alpha value is -3.61. The Morgan fingerprint density at radius 1 is 0.967 bits per heavy atom. The normalized spacial score (nSPS) is 11.2. The van der Waals surface area contributed by atoms with Crippen molar-refractivity contribution in [3.63, 3.8) is 0 Å². The van der Waals surface area contributed by atoms with Crippen LogP contribution in [-0.4, -0.2) is 12.0 Å². The second-order valence-corrected chi connectivity index (χ2v) is 8.06. The van der Waals surface area contributed by atoms with Gasteiger partial charge < -0.3 is 14.5 Å². The number of hydrogen-bond acceptors (Lipinski definition) is 5. The number of amides is 2. The maximum absolute atomic E-state index is 12.1. The van der Waals surface area contributed by atoms with Crippen molar-refractivity contribution in [3.8, 4) is 0 Å². The quantitative estimate of drug-likeness (QED) is 0.602. The fraction of sp³-hybridized carbons (Fsp3) is 0.261. The molecule has 0 fully saturated rings. The number of anilines is 2. The molecule has 0 aliphatic heterocycles. The highest BCUT2D eigenvalue weighted by molar-refractivity contribution is 5.94. The summed E-state index contributed by atoms with van der Waals surface area (Å²) >= 11 is 0. The number of carbonyl (C=O) groups is 2. The minimum atomic E-state index is -0.630. The van der Waals surface area contributed by atoms with Crippen molar-refractivity contribution in [3.05, 3.63) is 70.1 Å². The topological polar surface area (TPSA) is 97.6 Å². The highest BCUT2D eigenvalue weighted by Gasteiger charge is 2.21. The van der Waals surface area contributed by atoms with Crippen LogP contribution < -0.4 is 16.3 Å². The lowest BCUT2D eigenvalue weighted by Gasteiger charge is -2.17. The molecule has 0 spiro atoms. The number of hydrogen-bond donors (Lipinski definition) is 2. The van der Waals surface area contributed by atoms with Gasteiger partial charge in [-0.05, 0) is 42.3 Å². The van der Waals surface area contributed by atoms with Crippen LogP contribution in [0.5, 0.6) is 0 Å². The zero-order valence-corrected chi connectivity index (χ0v) is 17.4. The molecule has 2 amide bonds. The average molecular weight is 408 g/mol. The van der Waals surface area contributed by atoms with E-state index in [1.54, 1.807) is 42.5 Å². The Labute approximate surface area is 174 Å². The van der Waals surface area contributed by atoms with Crippen LogP contribution in [0.3, 0.4) is 0 Å². The summed E-state index contributed by atoms with van der Waals surface area (Å²) in [4.78, 5) is 35.6. The number of ether oxygens (including phenoxy) is 1. The van der Waals surface area contributed by atoms with Gasteiger partial charge in [0.1, 0.15) is 12.2 Å².